The molecule has 1 N–H and O–H groups in total. The highest BCUT2D eigenvalue weighted by atomic mass is 16.2. The van der Waals surface area contributed by atoms with Gasteiger partial charge >= 0.3 is 0 Å². The van der Waals surface area contributed by atoms with Gasteiger partial charge in [-0.3, -0.25) is 14.4 Å². The van der Waals surface area contributed by atoms with E-state index in [2.05, 4.69) is 28.1 Å². The number of carbonyl (C=O) groups excluding carboxylic acids is 3. The SMILES string of the molecule is CC(=O)Nc1ccccc1C(=O)C(=O)N1CCn2c3c(c4cc(C5CCCCC5)ccc42)CCCC31. The zero-order chi connectivity index (χ0) is 24.8. The predicted octanol–water partition coefficient (Wildman–Crippen LogP) is 5.75. The van der Waals surface area contributed by atoms with Crippen LogP contribution in [-0.2, 0) is 22.6 Å². The molecule has 2 amide bonds. The fraction of sp³-hybridized carbons (Fsp3) is 0.433. The Hall–Kier alpha value is -3.41. The summed E-state index contributed by atoms with van der Waals surface area (Å²) in [5.41, 5.74) is 5.94. The Bertz CT molecular complexity index is 1370. The van der Waals surface area contributed by atoms with Crippen LogP contribution in [0.3, 0.4) is 0 Å². The van der Waals surface area contributed by atoms with Gasteiger partial charge in [-0.25, -0.2) is 0 Å². The van der Waals surface area contributed by atoms with Crippen LogP contribution < -0.4 is 5.32 Å². The van der Waals surface area contributed by atoms with Crippen LogP contribution in [0.4, 0.5) is 5.69 Å². The molecule has 0 spiro atoms. The minimum absolute atomic E-state index is 0.0857. The van der Waals surface area contributed by atoms with Crippen LogP contribution in [0.2, 0.25) is 0 Å². The second-order valence-corrected chi connectivity index (χ2v) is 10.6. The molecule has 1 aliphatic heterocycles. The predicted molar refractivity (Wildman–Crippen MR) is 140 cm³/mol. The average Bonchev–Trinajstić information content (AvgIpc) is 3.23. The van der Waals surface area contributed by atoms with E-state index in [9.17, 15) is 14.4 Å². The van der Waals surface area contributed by atoms with Crippen molar-refractivity contribution in [3.63, 3.8) is 0 Å². The van der Waals surface area contributed by atoms with E-state index in [0.717, 1.165) is 19.3 Å². The van der Waals surface area contributed by atoms with E-state index in [-0.39, 0.29) is 17.5 Å². The fourth-order valence-electron chi connectivity index (χ4n) is 6.78. The molecule has 1 saturated carbocycles. The number of hydrogen-bond acceptors (Lipinski definition) is 3. The number of Topliss-reactive ketones (excluding diaryl/α,β-unsaturated/α-hetero) is 1. The van der Waals surface area contributed by atoms with Gasteiger partial charge in [0, 0.05) is 36.6 Å². The van der Waals surface area contributed by atoms with Crippen molar-refractivity contribution in [2.24, 2.45) is 0 Å². The molecule has 2 aromatic carbocycles. The summed E-state index contributed by atoms with van der Waals surface area (Å²) in [6, 6.07) is 13.7. The third kappa shape index (κ3) is 3.83. The van der Waals surface area contributed by atoms with Crippen LogP contribution in [0, 0.1) is 0 Å². The van der Waals surface area contributed by atoms with E-state index in [1.54, 1.807) is 29.2 Å². The smallest absolute Gasteiger partial charge is 0.295 e. The van der Waals surface area contributed by atoms with Crippen molar-refractivity contribution in [1.29, 1.82) is 0 Å². The van der Waals surface area contributed by atoms with Crippen LogP contribution in [0.15, 0.2) is 42.5 Å². The first kappa shape index (κ1) is 23.0. The number of amides is 2. The lowest BCUT2D eigenvalue weighted by Gasteiger charge is -2.39. The van der Waals surface area contributed by atoms with Crippen molar-refractivity contribution in [2.45, 2.75) is 76.8 Å². The van der Waals surface area contributed by atoms with Gasteiger partial charge in [-0.15, -0.1) is 0 Å². The Morgan fingerprint density at radius 1 is 0.917 bits per heavy atom. The molecule has 0 saturated heterocycles. The van der Waals surface area contributed by atoms with E-state index in [1.807, 2.05) is 0 Å². The van der Waals surface area contributed by atoms with Crippen molar-refractivity contribution in [1.82, 2.24) is 9.47 Å². The van der Waals surface area contributed by atoms with Crippen molar-refractivity contribution in [3.8, 4) is 0 Å². The Morgan fingerprint density at radius 3 is 2.53 bits per heavy atom. The van der Waals surface area contributed by atoms with Crippen LogP contribution in [-0.4, -0.2) is 33.6 Å². The zero-order valence-electron chi connectivity index (χ0n) is 20.9. The van der Waals surface area contributed by atoms with Gasteiger partial charge in [-0.1, -0.05) is 37.5 Å². The number of aryl methyl sites for hydroxylation is 1. The summed E-state index contributed by atoms with van der Waals surface area (Å²) in [5.74, 6) is -0.651. The highest BCUT2D eigenvalue weighted by Gasteiger charge is 2.39. The molecule has 186 valence electrons. The molecule has 1 atom stereocenters. The van der Waals surface area contributed by atoms with Crippen molar-refractivity contribution in [3.05, 3.63) is 64.8 Å². The van der Waals surface area contributed by atoms with Gasteiger partial charge in [0.15, 0.2) is 0 Å². The molecular formula is C30H33N3O3. The lowest BCUT2D eigenvalue weighted by atomic mass is 9.83. The van der Waals surface area contributed by atoms with Gasteiger partial charge in [0.25, 0.3) is 11.7 Å². The Labute approximate surface area is 211 Å². The molecule has 1 fully saturated rings. The summed E-state index contributed by atoms with van der Waals surface area (Å²) in [7, 11) is 0. The lowest BCUT2D eigenvalue weighted by molar-refractivity contribution is -0.130. The first-order chi connectivity index (χ1) is 17.5. The number of aromatic nitrogens is 1. The molecule has 6 heteroatoms. The lowest BCUT2D eigenvalue weighted by Crippen LogP contribution is -2.46. The number of fused-ring (bicyclic) bond motifs is 3. The van der Waals surface area contributed by atoms with Crippen molar-refractivity contribution >= 4 is 34.2 Å². The van der Waals surface area contributed by atoms with E-state index < -0.39 is 11.7 Å². The molecule has 6 nitrogen and oxygen atoms in total. The molecular weight excluding hydrogens is 450 g/mol. The maximum absolute atomic E-state index is 13.6. The number of nitrogens with one attached hydrogen (secondary N) is 1. The van der Waals surface area contributed by atoms with Gasteiger partial charge in [0.05, 0.1) is 17.3 Å². The molecule has 0 radical (unpaired) electrons. The van der Waals surface area contributed by atoms with Crippen LogP contribution >= 0.6 is 0 Å². The number of benzene rings is 2. The number of ketones is 1. The van der Waals surface area contributed by atoms with Gasteiger partial charge < -0.3 is 14.8 Å². The molecule has 3 aliphatic rings. The number of rotatable bonds is 4. The van der Waals surface area contributed by atoms with Gasteiger partial charge in [-0.2, -0.15) is 0 Å². The minimum Gasteiger partial charge on any atom is -0.341 e. The van der Waals surface area contributed by atoms with E-state index in [1.165, 1.54) is 66.8 Å². The Balaban J connectivity index is 1.34. The summed E-state index contributed by atoms with van der Waals surface area (Å²) in [6.07, 6.45) is 9.44. The zero-order valence-corrected chi connectivity index (χ0v) is 20.9. The number of carbonyl (C=O) groups is 3. The molecule has 2 aliphatic carbocycles. The highest BCUT2D eigenvalue weighted by Crippen LogP contribution is 2.44. The fourth-order valence-corrected chi connectivity index (χ4v) is 6.78. The molecule has 1 unspecified atom stereocenters. The third-order valence-electron chi connectivity index (χ3n) is 8.41. The summed E-state index contributed by atoms with van der Waals surface area (Å²) in [5, 5.41) is 4.03. The van der Waals surface area contributed by atoms with Crippen molar-refractivity contribution < 1.29 is 14.4 Å². The topological polar surface area (TPSA) is 71.4 Å². The molecule has 6 rings (SSSR count). The van der Waals surface area contributed by atoms with Crippen LogP contribution in [0.5, 0.6) is 0 Å². The second-order valence-electron chi connectivity index (χ2n) is 10.6. The van der Waals surface area contributed by atoms with Gasteiger partial charge in [-0.05, 0) is 73.4 Å². The molecule has 1 aromatic heterocycles. The van der Waals surface area contributed by atoms with E-state index >= 15 is 0 Å². The minimum atomic E-state index is -0.560. The summed E-state index contributed by atoms with van der Waals surface area (Å²) in [4.78, 5) is 40.4. The number of para-hydroxylation sites is 1. The van der Waals surface area contributed by atoms with Crippen molar-refractivity contribution in [2.75, 3.05) is 11.9 Å². The molecule has 36 heavy (non-hydrogen) atoms. The summed E-state index contributed by atoms with van der Waals surface area (Å²) >= 11 is 0. The second kappa shape index (κ2) is 9.23. The van der Waals surface area contributed by atoms with Gasteiger partial charge in [0.2, 0.25) is 5.91 Å². The standard InChI is InChI=1S/C30H33N3O3/c1-19(34)31-25-12-6-5-10-23(25)29(35)30(36)33-17-16-32-26-15-14-21(20-8-3-2-4-9-20)18-24(26)22-11-7-13-27(33)28(22)32/h5-6,10,12,14-15,18,20,27H,2-4,7-9,11,13,16-17H2,1H3,(H,31,34). The Kier molecular flexibility index (Phi) is 5.90. The first-order valence-corrected chi connectivity index (χ1v) is 13.4. The Morgan fingerprint density at radius 2 is 1.72 bits per heavy atom. The normalized spacial score (nSPS) is 19.7. The van der Waals surface area contributed by atoms with E-state index in [4.69, 9.17) is 0 Å². The van der Waals surface area contributed by atoms with E-state index in [0.29, 0.717) is 24.7 Å². The molecule has 3 aromatic rings. The third-order valence-corrected chi connectivity index (χ3v) is 8.41. The maximum Gasteiger partial charge on any atom is 0.295 e. The maximum atomic E-state index is 13.6. The summed E-state index contributed by atoms with van der Waals surface area (Å²) in [6.45, 7) is 2.60. The molecule has 2 heterocycles. The number of anilines is 1. The average molecular weight is 484 g/mol. The van der Waals surface area contributed by atoms with Crippen LogP contribution in [0.1, 0.15) is 91.0 Å². The largest absolute Gasteiger partial charge is 0.341 e. The quantitative estimate of drug-likeness (QED) is 0.379. The van der Waals surface area contributed by atoms with Gasteiger partial charge in [0.1, 0.15) is 0 Å². The summed E-state index contributed by atoms with van der Waals surface area (Å²) < 4.78 is 2.40. The number of hydrogen-bond donors (Lipinski definition) is 1. The van der Waals surface area contributed by atoms with Crippen LogP contribution in [0.25, 0.3) is 10.9 Å². The molecule has 0 bridgehead atoms. The monoisotopic (exact) mass is 483 g/mol. The highest BCUT2D eigenvalue weighted by molar-refractivity contribution is 6.44. The first-order valence-electron chi connectivity index (χ1n) is 13.4. The number of nitrogens with zero attached hydrogens (tertiary/aromatic N) is 2.